The highest BCUT2D eigenvalue weighted by molar-refractivity contribution is 5.89. The lowest BCUT2D eigenvalue weighted by atomic mass is 9.90. The van der Waals surface area contributed by atoms with Gasteiger partial charge in [0.2, 0.25) is 5.91 Å². The predicted molar refractivity (Wildman–Crippen MR) is 93.6 cm³/mol. The van der Waals surface area contributed by atoms with Gasteiger partial charge in [0.1, 0.15) is 6.54 Å². The molecule has 0 radical (unpaired) electrons. The zero-order chi connectivity index (χ0) is 17.4. The van der Waals surface area contributed by atoms with Crippen molar-refractivity contribution in [1.82, 2.24) is 4.90 Å². The number of carbonyl (C=O) groups is 2. The molecule has 2 aromatic rings. The first kappa shape index (κ1) is 17.7. The second kappa shape index (κ2) is 8.87. The first-order valence-electron chi connectivity index (χ1n) is 8.21. The molecule has 2 aromatic carbocycles. The average Bonchev–Trinajstić information content (AvgIpc) is 2.62. The average molecular weight is 325 g/mol. The van der Waals surface area contributed by atoms with E-state index in [9.17, 15) is 9.59 Å². The third kappa shape index (κ3) is 4.44. The van der Waals surface area contributed by atoms with E-state index in [4.69, 9.17) is 4.74 Å². The second-order valence-electron chi connectivity index (χ2n) is 5.41. The molecule has 0 aromatic heterocycles. The molecule has 4 nitrogen and oxygen atoms in total. The molecular weight excluding hydrogens is 302 g/mol. The number of ether oxygens (including phenoxy) is 1. The van der Waals surface area contributed by atoms with E-state index in [1.807, 2.05) is 67.6 Å². The third-order valence-electron chi connectivity index (χ3n) is 3.83. The van der Waals surface area contributed by atoms with Gasteiger partial charge in [0.15, 0.2) is 0 Å². The number of rotatable bonds is 7. The van der Waals surface area contributed by atoms with Crippen LogP contribution in [0, 0.1) is 0 Å². The SMILES string of the molecule is CCOC(=O)CN(CC)C(=O)C(c1ccccc1)c1ccccc1. The Kier molecular flexibility index (Phi) is 6.55. The summed E-state index contributed by atoms with van der Waals surface area (Å²) in [6, 6.07) is 19.3. The molecule has 0 saturated carbocycles. The quantitative estimate of drug-likeness (QED) is 0.734. The molecule has 0 fully saturated rings. The first-order valence-corrected chi connectivity index (χ1v) is 8.21. The van der Waals surface area contributed by atoms with Crippen LogP contribution in [0.4, 0.5) is 0 Å². The number of nitrogens with zero attached hydrogens (tertiary/aromatic N) is 1. The van der Waals surface area contributed by atoms with Crippen molar-refractivity contribution >= 4 is 11.9 Å². The van der Waals surface area contributed by atoms with Gasteiger partial charge in [-0.05, 0) is 25.0 Å². The Balaban J connectivity index is 2.32. The molecule has 0 saturated heterocycles. The van der Waals surface area contributed by atoms with Gasteiger partial charge in [-0.2, -0.15) is 0 Å². The van der Waals surface area contributed by atoms with Gasteiger partial charge in [0, 0.05) is 6.54 Å². The maximum Gasteiger partial charge on any atom is 0.325 e. The zero-order valence-electron chi connectivity index (χ0n) is 14.1. The minimum atomic E-state index is -0.429. The molecular formula is C20H23NO3. The molecule has 0 aliphatic rings. The van der Waals surface area contributed by atoms with E-state index in [2.05, 4.69) is 0 Å². The second-order valence-corrected chi connectivity index (χ2v) is 5.41. The topological polar surface area (TPSA) is 46.6 Å². The van der Waals surface area contributed by atoms with Crippen molar-refractivity contribution in [2.75, 3.05) is 19.7 Å². The van der Waals surface area contributed by atoms with Crippen LogP contribution in [-0.2, 0) is 14.3 Å². The monoisotopic (exact) mass is 325 g/mol. The van der Waals surface area contributed by atoms with E-state index in [1.165, 1.54) is 0 Å². The lowest BCUT2D eigenvalue weighted by molar-refractivity contribution is -0.149. The molecule has 126 valence electrons. The van der Waals surface area contributed by atoms with Crippen LogP contribution < -0.4 is 0 Å². The zero-order valence-corrected chi connectivity index (χ0v) is 14.1. The van der Waals surface area contributed by atoms with Gasteiger partial charge in [0.25, 0.3) is 0 Å². The number of amides is 1. The van der Waals surface area contributed by atoms with E-state index in [0.29, 0.717) is 13.2 Å². The van der Waals surface area contributed by atoms with Crippen LogP contribution in [0.25, 0.3) is 0 Å². The van der Waals surface area contributed by atoms with Crippen molar-refractivity contribution in [3.8, 4) is 0 Å². The van der Waals surface area contributed by atoms with Crippen molar-refractivity contribution in [2.45, 2.75) is 19.8 Å². The Labute approximate surface area is 143 Å². The molecule has 24 heavy (non-hydrogen) atoms. The number of benzene rings is 2. The Bertz CT molecular complexity index is 616. The van der Waals surface area contributed by atoms with Crippen molar-refractivity contribution in [3.63, 3.8) is 0 Å². The van der Waals surface area contributed by atoms with Gasteiger partial charge in [-0.1, -0.05) is 60.7 Å². The fraction of sp³-hybridized carbons (Fsp3) is 0.300. The molecule has 0 bridgehead atoms. The van der Waals surface area contributed by atoms with Crippen molar-refractivity contribution in [2.24, 2.45) is 0 Å². The maximum absolute atomic E-state index is 13.1. The van der Waals surface area contributed by atoms with E-state index in [1.54, 1.807) is 11.8 Å². The standard InChI is InChI=1S/C20H23NO3/c1-3-21(15-18(22)24-4-2)20(23)19(16-11-7-5-8-12-16)17-13-9-6-10-14-17/h5-14,19H,3-4,15H2,1-2H3. The molecule has 0 unspecified atom stereocenters. The van der Waals surface area contributed by atoms with Crippen molar-refractivity contribution < 1.29 is 14.3 Å². The van der Waals surface area contributed by atoms with Gasteiger partial charge in [0.05, 0.1) is 12.5 Å². The number of hydrogen-bond donors (Lipinski definition) is 0. The summed E-state index contributed by atoms with van der Waals surface area (Å²) in [5.41, 5.74) is 1.83. The number of hydrogen-bond acceptors (Lipinski definition) is 3. The van der Waals surface area contributed by atoms with Crippen LogP contribution in [0.2, 0.25) is 0 Å². The first-order chi connectivity index (χ1) is 11.7. The van der Waals surface area contributed by atoms with Gasteiger partial charge >= 0.3 is 5.97 Å². The van der Waals surface area contributed by atoms with Crippen molar-refractivity contribution in [1.29, 1.82) is 0 Å². The fourth-order valence-corrected chi connectivity index (χ4v) is 2.66. The molecule has 0 spiro atoms. The molecule has 0 aliphatic heterocycles. The van der Waals surface area contributed by atoms with E-state index in [0.717, 1.165) is 11.1 Å². The number of esters is 1. The summed E-state index contributed by atoms with van der Waals surface area (Å²) >= 11 is 0. The molecule has 2 rings (SSSR count). The van der Waals surface area contributed by atoms with E-state index < -0.39 is 5.92 Å². The highest BCUT2D eigenvalue weighted by Crippen LogP contribution is 2.26. The summed E-state index contributed by atoms with van der Waals surface area (Å²) < 4.78 is 4.98. The summed E-state index contributed by atoms with van der Waals surface area (Å²) in [6.07, 6.45) is 0. The Morgan fingerprint density at radius 1 is 0.917 bits per heavy atom. The lowest BCUT2D eigenvalue weighted by Gasteiger charge is -2.26. The Morgan fingerprint density at radius 3 is 1.83 bits per heavy atom. The van der Waals surface area contributed by atoms with Gasteiger partial charge in [-0.25, -0.2) is 0 Å². The van der Waals surface area contributed by atoms with Gasteiger partial charge in [-0.3, -0.25) is 9.59 Å². The maximum atomic E-state index is 13.1. The highest BCUT2D eigenvalue weighted by atomic mass is 16.5. The van der Waals surface area contributed by atoms with Crippen LogP contribution in [0.1, 0.15) is 30.9 Å². The van der Waals surface area contributed by atoms with Gasteiger partial charge in [-0.15, -0.1) is 0 Å². The highest BCUT2D eigenvalue weighted by Gasteiger charge is 2.28. The summed E-state index contributed by atoms with van der Waals surface area (Å²) in [5, 5.41) is 0. The fourth-order valence-electron chi connectivity index (χ4n) is 2.66. The van der Waals surface area contributed by atoms with Gasteiger partial charge < -0.3 is 9.64 Å². The molecule has 0 N–H and O–H groups in total. The predicted octanol–water partition coefficient (Wildman–Crippen LogP) is 3.23. The Hall–Kier alpha value is -2.62. The summed E-state index contributed by atoms with van der Waals surface area (Å²) in [5.74, 6) is -0.905. The Morgan fingerprint density at radius 2 is 1.42 bits per heavy atom. The molecule has 0 heterocycles. The van der Waals surface area contributed by atoms with Crippen LogP contribution in [-0.4, -0.2) is 36.5 Å². The molecule has 1 amide bonds. The third-order valence-corrected chi connectivity index (χ3v) is 3.83. The minimum absolute atomic E-state index is 0.0284. The normalized spacial score (nSPS) is 10.5. The van der Waals surface area contributed by atoms with Crippen LogP contribution in [0.5, 0.6) is 0 Å². The summed E-state index contributed by atoms with van der Waals surface area (Å²) in [7, 11) is 0. The largest absolute Gasteiger partial charge is 0.465 e. The molecule has 0 aliphatic carbocycles. The summed E-state index contributed by atoms with van der Waals surface area (Å²) in [6.45, 7) is 4.36. The van der Waals surface area contributed by atoms with Crippen molar-refractivity contribution in [3.05, 3.63) is 71.8 Å². The van der Waals surface area contributed by atoms with Crippen LogP contribution in [0.3, 0.4) is 0 Å². The van der Waals surface area contributed by atoms with Crippen LogP contribution >= 0.6 is 0 Å². The lowest BCUT2D eigenvalue weighted by Crippen LogP contribution is -2.39. The minimum Gasteiger partial charge on any atom is -0.465 e. The molecule has 4 heteroatoms. The smallest absolute Gasteiger partial charge is 0.325 e. The van der Waals surface area contributed by atoms with Crippen LogP contribution in [0.15, 0.2) is 60.7 Å². The molecule has 0 atom stereocenters. The summed E-state index contributed by atoms with van der Waals surface area (Å²) in [4.78, 5) is 26.5. The number of carbonyl (C=O) groups excluding carboxylic acids is 2. The van der Waals surface area contributed by atoms with E-state index in [-0.39, 0.29) is 18.4 Å². The van der Waals surface area contributed by atoms with E-state index >= 15 is 0 Å². The number of likely N-dealkylation sites (N-methyl/N-ethyl adjacent to an activating group) is 1.